The quantitative estimate of drug-likeness (QED) is 0.633. The van der Waals surface area contributed by atoms with E-state index in [0.717, 1.165) is 11.2 Å². The van der Waals surface area contributed by atoms with Gasteiger partial charge in [-0.25, -0.2) is 9.50 Å². The fourth-order valence-electron chi connectivity index (χ4n) is 1.53. The Kier molecular flexibility index (Phi) is 2.04. The molecule has 0 amide bonds. The number of pyridine rings is 1. The Hall–Kier alpha value is -2.01. The Bertz CT molecular complexity index is 642. The summed E-state index contributed by atoms with van der Waals surface area (Å²) < 4.78 is 1.62. The molecule has 4 nitrogen and oxygen atoms in total. The third-order valence-corrected chi connectivity index (χ3v) is 3.13. The molecule has 0 aliphatic rings. The minimum Gasteiger partial charge on any atom is -0.298 e. The first-order chi connectivity index (χ1) is 7.88. The highest BCUT2D eigenvalue weighted by Gasteiger charge is 2.09. The maximum atomic E-state index is 10.8. The molecule has 0 atom stereocenters. The molecule has 0 spiro atoms. The molecule has 0 aromatic carbocycles. The molecule has 0 N–H and O–H groups in total. The molecule has 16 heavy (non-hydrogen) atoms. The van der Waals surface area contributed by atoms with Gasteiger partial charge in [0.25, 0.3) is 0 Å². The summed E-state index contributed by atoms with van der Waals surface area (Å²) in [6, 6.07) is 7.42. The molecule has 0 fully saturated rings. The third kappa shape index (κ3) is 1.33. The van der Waals surface area contributed by atoms with E-state index in [1.165, 1.54) is 0 Å². The monoisotopic (exact) mass is 229 g/mol. The summed E-state index contributed by atoms with van der Waals surface area (Å²) in [5.74, 6) is 0.657. The highest BCUT2D eigenvalue weighted by molar-refractivity contribution is 7.13. The van der Waals surface area contributed by atoms with Crippen LogP contribution >= 0.6 is 11.3 Å². The van der Waals surface area contributed by atoms with Gasteiger partial charge in [-0.2, -0.15) is 0 Å². The molecule has 5 heteroatoms. The molecule has 0 radical (unpaired) electrons. The Labute approximate surface area is 95.2 Å². The second-order valence-electron chi connectivity index (χ2n) is 3.26. The molecular formula is C11H7N3OS. The van der Waals surface area contributed by atoms with Gasteiger partial charge in [0.05, 0.1) is 10.4 Å². The van der Waals surface area contributed by atoms with E-state index in [1.807, 2.05) is 17.5 Å². The molecule has 0 aliphatic carbocycles. The van der Waals surface area contributed by atoms with Gasteiger partial charge in [-0.3, -0.25) is 4.79 Å². The predicted molar refractivity (Wildman–Crippen MR) is 61.7 cm³/mol. The summed E-state index contributed by atoms with van der Waals surface area (Å²) in [4.78, 5) is 16.2. The van der Waals surface area contributed by atoms with Gasteiger partial charge in [0.15, 0.2) is 17.8 Å². The number of hydrogen-bond acceptors (Lipinski definition) is 4. The van der Waals surface area contributed by atoms with E-state index in [1.54, 1.807) is 34.2 Å². The minimum atomic E-state index is 0.554. The van der Waals surface area contributed by atoms with Gasteiger partial charge >= 0.3 is 0 Å². The highest BCUT2D eigenvalue weighted by Crippen LogP contribution is 2.22. The SMILES string of the molecule is O=Cc1cccn2nc(-c3cccs3)nc12. The van der Waals surface area contributed by atoms with Gasteiger partial charge in [-0.1, -0.05) is 6.07 Å². The average Bonchev–Trinajstić information content (AvgIpc) is 2.96. The molecule has 78 valence electrons. The van der Waals surface area contributed by atoms with E-state index in [-0.39, 0.29) is 0 Å². The zero-order chi connectivity index (χ0) is 11.0. The maximum Gasteiger partial charge on any atom is 0.192 e. The summed E-state index contributed by atoms with van der Waals surface area (Å²) >= 11 is 1.58. The van der Waals surface area contributed by atoms with Gasteiger partial charge in [0, 0.05) is 6.20 Å². The van der Waals surface area contributed by atoms with Crippen molar-refractivity contribution in [1.82, 2.24) is 14.6 Å². The Morgan fingerprint density at radius 3 is 3.00 bits per heavy atom. The summed E-state index contributed by atoms with van der Waals surface area (Å²) in [5, 5.41) is 6.29. The molecule has 3 heterocycles. The number of carbonyl (C=O) groups is 1. The van der Waals surface area contributed by atoms with Crippen molar-refractivity contribution in [2.24, 2.45) is 0 Å². The van der Waals surface area contributed by atoms with Crippen LogP contribution in [0.25, 0.3) is 16.3 Å². The van der Waals surface area contributed by atoms with Crippen LogP contribution in [0.1, 0.15) is 10.4 Å². The van der Waals surface area contributed by atoms with Gasteiger partial charge in [0.2, 0.25) is 0 Å². The van der Waals surface area contributed by atoms with Gasteiger partial charge in [0.1, 0.15) is 0 Å². The molecule has 3 aromatic rings. The highest BCUT2D eigenvalue weighted by atomic mass is 32.1. The lowest BCUT2D eigenvalue weighted by atomic mass is 10.3. The number of carbonyl (C=O) groups excluding carboxylic acids is 1. The molecule has 3 rings (SSSR count). The van der Waals surface area contributed by atoms with Crippen molar-refractivity contribution in [2.45, 2.75) is 0 Å². The van der Waals surface area contributed by atoms with E-state index in [9.17, 15) is 4.79 Å². The van der Waals surface area contributed by atoms with Gasteiger partial charge in [-0.05, 0) is 23.6 Å². The summed E-state index contributed by atoms with van der Waals surface area (Å²) in [7, 11) is 0. The van der Waals surface area contributed by atoms with E-state index >= 15 is 0 Å². The number of rotatable bonds is 2. The summed E-state index contributed by atoms with van der Waals surface area (Å²) in [6.45, 7) is 0. The van der Waals surface area contributed by atoms with E-state index in [4.69, 9.17) is 0 Å². The number of thiophene rings is 1. The van der Waals surface area contributed by atoms with Crippen molar-refractivity contribution < 1.29 is 4.79 Å². The molecule has 0 saturated carbocycles. The maximum absolute atomic E-state index is 10.8. The van der Waals surface area contributed by atoms with Crippen molar-refractivity contribution in [1.29, 1.82) is 0 Å². The van der Waals surface area contributed by atoms with Crippen molar-refractivity contribution in [2.75, 3.05) is 0 Å². The number of fused-ring (bicyclic) bond motifs is 1. The van der Waals surface area contributed by atoms with Crippen molar-refractivity contribution >= 4 is 23.3 Å². The topological polar surface area (TPSA) is 47.3 Å². The number of aldehydes is 1. The van der Waals surface area contributed by atoms with Gasteiger partial charge < -0.3 is 0 Å². The molecule has 0 unspecified atom stereocenters. The van der Waals surface area contributed by atoms with E-state index in [0.29, 0.717) is 17.0 Å². The van der Waals surface area contributed by atoms with Crippen LogP contribution < -0.4 is 0 Å². The first-order valence-corrected chi connectivity index (χ1v) is 5.61. The smallest absolute Gasteiger partial charge is 0.192 e. The van der Waals surface area contributed by atoms with Crippen LogP contribution in [0.4, 0.5) is 0 Å². The van der Waals surface area contributed by atoms with E-state index in [2.05, 4.69) is 10.1 Å². The number of hydrogen-bond donors (Lipinski definition) is 0. The molecule has 0 saturated heterocycles. The Morgan fingerprint density at radius 1 is 1.31 bits per heavy atom. The molecule has 3 aromatic heterocycles. The normalized spacial score (nSPS) is 10.8. The van der Waals surface area contributed by atoms with Crippen LogP contribution in [0.2, 0.25) is 0 Å². The van der Waals surface area contributed by atoms with Crippen LogP contribution in [0, 0.1) is 0 Å². The van der Waals surface area contributed by atoms with Gasteiger partial charge in [-0.15, -0.1) is 16.4 Å². The van der Waals surface area contributed by atoms with E-state index < -0.39 is 0 Å². The third-order valence-electron chi connectivity index (χ3n) is 2.26. The van der Waals surface area contributed by atoms with Crippen LogP contribution in [-0.2, 0) is 0 Å². The first kappa shape index (κ1) is 9.23. The zero-order valence-electron chi connectivity index (χ0n) is 8.20. The van der Waals surface area contributed by atoms with Crippen LogP contribution in [-0.4, -0.2) is 20.9 Å². The second-order valence-corrected chi connectivity index (χ2v) is 4.21. The van der Waals surface area contributed by atoms with Crippen molar-refractivity contribution in [3.8, 4) is 10.7 Å². The molecular weight excluding hydrogens is 222 g/mol. The van der Waals surface area contributed by atoms with Crippen LogP contribution in [0.5, 0.6) is 0 Å². The fourth-order valence-corrected chi connectivity index (χ4v) is 2.18. The van der Waals surface area contributed by atoms with Crippen LogP contribution in [0.15, 0.2) is 35.8 Å². The largest absolute Gasteiger partial charge is 0.298 e. The van der Waals surface area contributed by atoms with Crippen LogP contribution in [0.3, 0.4) is 0 Å². The lowest BCUT2D eigenvalue weighted by molar-refractivity contribution is 0.112. The standard InChI is InChI=1S/C11H7N3OS/c15-7-8-3-1-5-14-11(8)12-10(13-14)9-4-2-6-16-9/h1-7H. The second kappa shape index (κ2) is 3.53. The fraction of sp³-hybridized carbons (Fsp3) is 0. The summed E-state index contributed by atoms with van der Waals surface area (Å²) in [6.07, 6.45) is 2.58. The predicted octanol–water partition coefficient (Wildman–Crippen LogP) is 2.27. The Balaban J connectivity index is 2.27. The minimum absolute atomic E-state index is 0.554. The number of nitrogens with zero attached hydrogens (tertiary/aromatic N) is 3. The summed E-state index contributed by atoms with van der Waals surface area (Å²) in [5.41, 5.74) is 1.15. The Morgan fingerprint density at radius 2 is 2.25 bits per heavy atom. The zero-order valence-corrected chi connectivity index (χ0v) is 9.02. The molecule has 0 bridgehead atoms. The lowest BCUT2D eigenvalue weighted by Gasteiger charge is -1.91. The van der Waals surface area contributed by atoms with Crippen molar-refractivity contribution in [3.05, 3.63) is 41.4 Å². The number of aromatic nitrogens is 3. The average molecular weight is 229 g/mol. The molecule has 0 aliphatic heterocycles. The lowest BCUT2D eigenvalue weighted by Crippen LogP contribution is -1.90. The van der Waals surface area contributed by atoms with Crippen molar-refractivity contribution in [3.63, 3.8) is 0 Å². The first-order valence-electron chi connectivity index (χ1n) is 4.73.